The summed E-state index contributed by atoms with van der Waals surface area (Å²) in [5.41, 5.74) is 12.7. The van der Waals surface area contributed by atoms with Crippen LogP contribution in [0.2, 0.25) is 0 Å². The molecule has 0 bridgehead atoms. The van der Waals surface area contributed by atoms with Crippen molar-refractivity contribution < 1.29 is 0 Å². The van der Waals surface area contributed by atoms with Crippen LogP contribution in [-0.2, 0) is 0 Å². The second kappa shape index (κ2) is 3.01. The molecular formula is C16H13N. The van der Waals surface area contributed by atoms with E-state index < -0.39 is 0 Å². The van der Waals surface area contributed by atoms with Crippen LogP contribution >= 0.6 is 0 Å². The minimum atomic E-state index is 0.349. The lowest BCUT2D eigenvalue weighted by atomic mass is 9.76. The molecule has 0 saturated carbocycles. The van der Waals surface area contributed by atoms with E-state index in [1.807, 2.05) is 0 Å². The summed E-state index contributed by atoms with van der Waals surface area (Å²) < 4.78 is 0. The highest BCUT2D eigenvalue weighted by Crippen LogP contribution is 2.53. The molecule has 0 heterocycles. The van der Waals surface area contributed by atoms with E-state index in [2.05, 4.69) is 54.6 Å². The number of hydrogen-bond acceptors (Lipinski definition) is 1. The molecule has 0 amide bonds. The number of allylic oxidation sites excluding steroid dienone is 7. The average molecular weight is 219 g/mol. The monoisotopic (exact) mass is 219 g/mol. The van der Waals surface area contributed by atoms with Gasteiger partial charge in [-0.2, -0.15) is 0 Å². The molecular weight excluding hydrogens is 206 g/mol. The molecule has 0 saturated heterocycles. The number of fused-ring (bicyclic) bond motifs is 3. The van der Waals surface area contributed by atoms with Crippen LogP contribution in [0.15, 0.2) is 60.3 Å². The molecule has 1 aromatic rings. The molecule has 4 rings (SSSR count). The van der Waals surface area contributed by atoms with Crippen LogP contribution < -0.4 is 5.73 Å². The number of hydrogen-bond donors (Lipinski definition) is 1. The zero-order valence-corrected chi connectivity index (χ0v) is 9.43. The molecule has 0 aliphatic heterocycles. The minimum Gasteiger partial charge on any atom is -0.402 e. The highest BCUT2D eigenvalue weighted by molar-refractivity contribution is 5.97. The van der Waals surface area contributed by atoms with Crippen LogP contribution in [0.3, 0.4) is 0 Å². The zero-order valence-electron chi connectivity index (χ0n) is 9.43. The Morgan fingerprint density at radius 1 is 0.882 bits per heavy atom. The Hall–Kier alpha value is -2.02. The van der Waals surface area contributed by atoms with Crippen molar-refractivity contribution in [3.05, 3.63) is 71.5 Å². The Balaban J connectivity index is 2.05. The lowest BCUT2D eigenvalue weighted by Crippen LogP contribution is -2.23. The molecule has 0 aromatic heterocycles. The molecule has 1 nitrogen and oxygen atoms in total. The summed E-state index contributed by atoms with van der Waals surface area (Å²) in [4.78, 5) is 0. The smallest absolute Gasteiger partial charge is 0.0277 e. The van der Waals surface area contributed by atoms with Crippen molar-refractivity contribution >= 4 is 11.1 Å². The Morgan fingerprint density at radius 3 is 2.35 bits per heavy atom. The third-order valence-corrected chi connectivity index (χ3v) is 4.01. The van der Waals surface area contributed by atoms with Gasteiger partial charge in [0.15, 0.2) is 0 Å². The second-order valence-electron chi connectivity index (χ2n) is 4.84. The van der Waals surface area contributed by atoms with Gasteiger partial charge in [0, 0.05) is 17.5 Å². The fourth-order valence-corrected chi connectivity index (χ4v) is 3.25. The highest BCUT2D eigenvalue weighted by Gasteiger charge is 2.39. The Morgan fingerprint density at radius 2 is 1.59 bits per heavy atom. The standard InChI is InChI=1S/C16H13N/c17-15-9-8-13-11-5-2-1-4-10(11)12-6-3-7-14(15)16(12)13/h1-9,14,16H,17H2. The second-order valence-corrected chi connectivity index (χ2v) is 4.84. The maximum atomic E-state index is 6.11. The van der Waals surface area contributed by atoms with E-state index in [0.29, 0.717) is 11.8 Å². The molecule has 0 spiro atoms. The lowest BCUT2D eigenvalue weighted by Gasteiger charge is -2.29. The zero-order chi connectivity index (χ0) is 11.4. The summed E-state index contributed by atoms with van der Waals surface area (Å²) in [7, 11) is 0. The van der Waals surface area contributed by atoms with E-state index in [1.54, 1.807) is 0 Å². The first-order valence-corrected chi connectivity index (χ1v) is 6.01. The summed E-state index contributed by atoms with van der Waals surface area (Å²) in [6.07, 6.45) is 10.8. The van der Waals surface area contributed by atoms with Crippen molar-refractivity contribution in [2.45, 2.75) is 0 Å². The van der Waals surface area contributed by atoms with Crippen molar-refractivity contribution in [3.8, 4) is 0 Å². The molecule has 1 heteroatoms. The molecule has 2 unspecified atom stereocenters. The van der Waals surface area contributed by atoms with Gasteiger partial charge in [0.2, 0.25) is 0 Å². The summed E-state index contributed by atoms with van der Waals surface area (Å²) in [5, 5.41) is 0. The van der Waals surface area contributed by atoms with Crippen LogP contribution in [0.1, 0.15) is 11.1 Å². The molecule has 17 heavy (non-hydrogen) atoms. The van der Waals surface area contributed by atoms with Crippen molar-refractivity contribution in [3.63, 3.8) is 0 Å². The minimum absolute atomic E-state index is 0.349. The van der Waals surface area contributed by atoms with Crippen LogP contribution in [0.4, 0.5) is 0 Å². The molecule has 0 radical (unpaired) electrons. The van der Waals surface area contributed by atoms with Crippen LogP contribution in [0, 0.1) is 11.8 Å². The van der Waals surface area contributed by atoms with E-state index in [1.165, 1.54) is 22.3 Å². The first-order chi connectivity index (χ1) is 8.36. The van der Waals surface area contributed by atoms with Crippen LogP contribution in [-0.4, -0.2) is 0 Å². The molecule has 2 N–H and O–H groups in total. The largest absolute Gasteiger partial charge is 0.402 e. The van der Waals surface area contributed by atoms with E-state index in [4.69, 9.17) is 5.73 Å². The average Bonchev–Trinajstić information content (AvgIpc) is 2.70. The van der Waals surface area contributed by atoms with Gasteiger partial charge in [-0.25, -0.2) is 0 Å². The molecule has 0 fully saturated rings. The lowest BCUT2D eigenvalue weighted by molar-refractivity contribution is 0.657. The van der Waals surface area contributed by atoms with Crippen LogP contribution in [0.5, 0.6) is 0 Å². The van der Waals surface area contributed by atoms with E-state index in [0.717, 1.165) is 5.70 Å². The maximum Gasteiger partial charge on any atom is 0.0277 e. The van der Waals surface area contributed by atoms with E-state index in [9.17, 15) is 0 Å². The van der Waals surface area contributed by atoms with Gasteiger partial charge >= 0.3 is 0 Å². The quantitative estimate of drug-likeness (QED) is 0.712. The number of rotatable bonds is 0. The van der Waals surface area contributed by atoms with Gasteiger partial charge < -0.3 is 5.73 Å². The van der Waals surface area contributed by atoms with Crippen molar-refractivity contribution in [1.82, 2.24) is 0 Å². The van der Waals surface area contributed by atoms with Gasteiger partial charge in [0.1, 0.15) is 0 Å². The highest BCUT2D eigenvalue weighted by atomic mass is 14.6. The normalized spacial score (nSPS) is 27.9. The third-order valence-electron chi connectivity index (χ3n) is 4.01. The van der Waals surface area contributed by atoms with Gasteiger partial charge in [-0.3, -0.25) is 0 Å². The van der Waals surface area contributed by atoms with Gasteiger partial charge in [0.25, 0.3) is 0 Å². The Bertz CT molecular complexity index is 629. The van der Waals surface area contributed by atoms with Gasteiger partial charge in [-0.1, -0.05) is 48.6 Å². The number of nitrogens with two attached hydrogens (primary N) is 1. The number of benzene rings is 1. The first-order valence-electron chi connectivity index (χ1n) is 6.01. The first kappa shape index (κ1) is 9.06. The van der Waals surface area contributed by atoms with Gasteiger partial charge in [0.05, 0.1) is 0 Å². The summed E-state index contributed by atoms with van der Waals surface area (Å²) in [5.74, 6) is 0.796. The predicted octanol–water partition coefficient (Wildman–Crippen LogP) is 3.13. The van der Waals surface area contributed by atoms with Crippen LogP contribution in [0.25, 0.3) is 11.1 Å². The van der Waals surface area contributed by atoms with Gasteiger partial charge in [-0.05, 0) is 28.3 Å². The van der Waals surface area contributed by atoms with E-state index in [-0.39, 0.29) is 0 Å². The SMILES string of the molecule is NC1=CC=C2c3ccccc3C3=CC=CC1C32. The third kappa shape index (κ3) is 1.04. The maximum absolute atomic E-state index is 6.11. The fourth-order valence-electron chi connectivity index (χ4n) is 3.25. The van der Waals surface area contributed by atoms with E-state index >= 15 is 0 Å². The van der Waals surface area contributed by atoms with Crippen molar-refractivity contribution in [1.29, 1.82) is 0 Å². The Kier molecular flexibility index (Phi) is 1.60. The van der Waals surface area contributed by atoms with Crippen molar-refractivity contribution in [2.75, 3.05) is 0 Å². The fraction of sp³-hybridized carbons (Fsp3) is 0.125. The summed E-state index contributed by atoms with van der Waals surface area (Å²) >= 11 is 0. The predicted molar refractivity (Wildman–Crippen MR) is 70.8 cm³/mol. The summed E-state index contributed by atoms with van der Waals surface area (Å²) in [6, 6.07) is 8.66. The molecule has 3 aliphatic carbocycles. The topological polar surface area (TPSA) is 26.0 Å². The molecule has 3 aliphatic rings. The molecule has 1 aromatic carbocycles. The molecule has 2 atom stereocenters. The summed E-state index contributed by atoms with van der Waals surface area (Å²) in [6.45, 7) is 0. The van der Waals surface area contributed by atoms with Crippen molar-refractivity contribution in [2.24, 2.45) is 17.6 Å². The molecule has 82 valence electrons. The van der Waals surface area contributed by atoms with Gasteiger partial charge in [-0.15, -0.1) is 0 Å². The Labute approximate surface area is 101 Å².